The maximum atomic E-state index is 5.67. The minimum absolute atomic E-state index is 0.271. The van der Waals surface area contributed by atoms with Crippen molar-refractivity contribution in [2.75, 3.05) is 0 Å². The van der Waals surface area contributed by atoms with Gasteiger partial charge in [0.1, 0.15) is 0 Å². The number of hydrogen-bond acceptors (Lipinski definition) is 3. The molecule has 1 aliphatic rings. The molecule has 1 aromatic carbocycles. The van der Waals surface area contributed by atoms with Crippen LogP contribution < -0.4 is 11.3 Å². The number of nitrogens with zero attached hydrogens (tertiary/aromatic N) is 1. The first kappa shape index (κ1) is 9.75. The number of pyridine rings is 1. The third kappa shape index (κ3) is 1.58. The molecule has 3 N–H and O–H groups in total. The summed E-state index contributed by atoms with van der Waals surface area (Å²) in [6, 6.07) is 10.6. The normalized spacial score (nSPS) is 17.6. The van der Waals surface area contributed by atoms with Gasteiger partial charge in [-0.3, -0.25) is 16.3 Å². The first-order valence-electron chi connectivity index (χ1n) is 5.70. The number of benzene rings is 1. The second-order valence-corrected chi connectivity index (χ2v) is 4.40. The zero-order valence-electron chi connectivity index (χ0n) is 9.06. The minimum atomic E-state index is 0.271. The predicted molar refractivity (Wildman–Crippen MR) is 64.5 cm³/mol. The largest absolute Gasteiger partial charge is 0.271 e. The van der Waals surface area contributed by atoms with Crippen molar-refractivity contribution >= 4 is 10.9 Å². The van der Waals surface area contributed by atoms with E-state index in [1.807, 2.05) is 24.4 Å². The van der Waals surface area contributed by atoms with Gasteiger partial charge in [-0.1, -0.05) is 18.2 Å². The van der Waals surface area contributed by atoms with Gasteiger partial charge in [0.05, 0.1) is 5.52 Å². The van der Waals surface area contributed by atoms with E-state index in [0.717, 1.165) is 5.52 Å². The smallest absolute Gasteiger partial charge is 0.0705 e. The van der Waals surface area contributed by atoms with Crippen molar-refractivity contribution in [1.82, 2.24) is 10.4 Å². The Morgan fingerprint density at radius 1 is 1.25 bits per heavy atom. The average molecular weight is 213 g/mol. The number of para-hydroxylation sites is 1. The predicted octanol–water partition coefficient (Wildman–Crippen LogP) is 2.15. The molecule has 0 radical (unpaired) electrons. The number of hydrogen-bond donors (Lipinski definition) is 2. The van der Waals surface area contributed by atoms with Gasteiger partial charge in [0.2, 0.25) is 0 Å². The highest BCUT2D eigenvalue weighted by atomic mass is 15.2. The summed E-state index contributed by atoms with van der Waals surface area (Å²) in [5.74, 6) is 6.36. The number of nitrogens with two attached hydrogens (primary N) is 1. The third-order valence-electron chi connectivity index (χ3n) is 3.29. The maximum Gasteiger partial charge on any atom is 0.0705 e. The summed E-state index contributed by atoms with van der Waals surface area (Å²) in [4.78, 5) is 4.37. The molecule has 0 bridgehead atoms. The summed E-state index contributed by atoms with van der Waals surface area (Å²) in [7, 11) is 0. The van der Waals surface area contributed by atoms with Crippen molar-refractivity contribution in [2.24, 2.45) is 11.8 Å². The number of fused-ring (bicyclic) bond motifs is 1. The van der Waals surface area contributed by atoms with Gasteiger partial charge in [0, 0.05) is 17.6 Å². The fourth-order valence-electron chi connectivity index (χ4n) is 2.30. The highest BCUT2D eigenvalue weighted by Crippen LogP contribution is 2.42. The molecule has 3 nitrogen and oxygen atoms in total. The summed E-state index contributed by atoms with van der Waals surface area (Å²) < 4.78 is 0. The van der Waals surface area contributed by atoms with Crippen molar-refractivity contribution in [3.63, 3.8) is 0 Å². The van der Waals surface area contributed by atoms with E-state index in [2.05, 4.69) is 22.5 Å². The molecule has 82 valence electrons. The molecule has 0 amide bonds. The van der Waals surface area contributed by atoms with E-state index in [1.54, 1.807) is 0 Å². The molecule has 1 aliphatic carbocycles. The lowest BCUT2D eigenvalue weighted by Crippen LogP contribution is -2.29. The van der Waals surface area contributed by atoms with Crippen LogP contribution >= 0.6 is 0 Å². The minimum Gasteiger partial charge on any atom is -0.271 e. The van der Waals surface area contributed by atoms with Crippen molar-refractivity contribution in [1.29, 1.82) is 0 Å². The van der Waals surface area contributed by atoms with E-state index in [-0.39, 0.29) is 6.04 Å². The van der Waals surface area contributed by atoms with Crippen molar-refractivity contribution in [2.45, 2.75) is 18.9 Å². The SMILES string of the molecule is NNC(c1ccnc2ccccc12)C1CC1. The lowest BCUT2D eigenvalue weighted by atomic mass is 9.99. The van der Waals surface area contributed by atoms with Gasteiger partial charge in [-0.2, -0.15) is 0 Å². The topological polar surface area (TPSA) is 50.9 Å². The van der Waals surface area contributed by atoms with Crippen molar-refractivity contribution < 1.29 is 0 Å². The highest BCUT2D eigenvalue weighted by Gasteiger charge is 2.32. The van der Waals surface area contributed by atoms with Crippen LogP contribution in [-0.2, 0) is 0 Å². The first-order chi connectivity index (χ1) is 7.90. The third-order valence-corrected chi connectivity index (χ3v) is 3.29. The average Bonchev–Trinajstić information content (AvgIpc) is 3.15. The summed E-state index contributed by atoms with van der Waals surface area (Å²) in [6.07, 6.45) is 4.40. The summed E-state index contributed by atoms with van der Waals surface area (Å²) in [5.41, 5.74) is 5.26. The highest BCUT2D eigenvalue weighted by molar-refractivity contribution is 5.82. The van der Waals surface area contributed by atoms with Crippen LogP contribution in [0.25, 0.3) is 10.9 Å². The van der Waals surface area contributed by atoms with E-state index in [1.165, 1.54) is 23.8 Å². The van der Waals surface area contributed by atoms with Crippen LogP contribution in [0.4, 0.5) is 0 Å². The van der Waals surface area contributed by atoms with Crippen LogP contribution in [0.5, 0.6) is 0 Å². The Kier molecular flexibility index (Phi) is 2.35. The molecule has 0 saturated heterocycles. The Morgan fingerprint density at radius 3 is 2.81 bits per heavy atom. The van der Waals surface area contributed by atoms with Crippen LogP contribution in [0, 0.1) is 5.92 Å². The van der Waals surface area contributed by atoms with Crippen LogP contribution in [-0.4, -0.2) is 4.98 Å². The molecular weight excluding hydrogens is 198 g/mol. The fraction of sp³-hybridized carbons (Fsp3) is 0.308. The number of aromatic nitrogens is 1. The summed E-state index contributed by atoms with van der Waals surface area (Å²) in [6.45, 7) is 0. The van der Waals surface area contributed by atoms with Crippen LogP contribution in [0.2, 0.25) is 0 Å². The Hall–Kier alpha value is -1.45. The molecule has 0 aliphatic heterocycles. The zero-order chi connectivity index (χ0) is 11.0. The molecule has 1 atom stereocenters. The summed E-state index contributed by atoms with van der Waals surface area (Å²) in [5, 5.41) is 1.21. The van der Waals surface area contributed by atoms with E-state index in [0.29, 0.717) is 5.92 Å². The van der Waals surface area contributed by atoms with Crippen LogP contribution in [0.3, 0.4) is 0 Å². The molecule has 1 fully saturated rings. The van der Waals surface area contributed by atoms with Gasteiger partial charge < -0.3 is 0 Å². The standard InChI is InChI=1S/C13H15N3/c14-16-13(9-5-6-9)11-7-8-15-12-4-2-1-3-10(11)12/h1-4,7-9,13,16H,5-6,14H2. The van der Waals surface area contributed by atoms with Gasteiger partial charge in [-0.05, 0) is 36.5 Å². The van der Waals surface area contributed by atoms with E-state index >= 15 is 0 Å². The molecule has 1 unspecified atom stereocenters. The number of rotatable bonds is 3. The van der Waals surface area contributed by atoms with Crippen LogP contribution in [0.1, 0.15) is 24.4 Å². The second-order valence-electron chi connectivity index (χ2n) is 4.40. The van der Waals surface area contributed by atoms with Gasteiger partial charge >= 0.3 is 0 Å². The molecule has 16 heavy (non-hydrogen) atoms. The molecule has 1 heterocycles. The van der Waals surface area contributed by atoms with Gasteiger partial charge in [0.15, 0.2) is 0 Å². The van der Waals surface area contributed by atoms with E-state index in [9.17, 15) is 0 Å². The van der Waals surface area contributed by atoms with E-state index in [4.69, 9.17) is 5.84 Å². The molecule has 1 aromatic heterocycles. The van der Waals surface area contributed by atoms with Gasteiger partial charge in [-0.25, -0.2) is 0 Å². The molecule has 3 rings (SSSR count). The quantitative estimate of drug-likeness (QED) is 0.606. The lowest BCUT2D eigenvalue weighted by molar-refractivity contribution is 0.500. The Bertz CT molecular complexity index is 500. The first-order valence-corrected chi connectivity index (χ1v) is 5.70. The second kappa shape index (κ2) is 3.85. The summed E-state index contributed by atoms with van der Waals surface area (Å²) >= 11 is 0. The Morgan fingerprint density at radius 2 is 2.06 bits per heavy atom. The zero-order valence-corrected chi connectivity index (χ0v) is 9.06. The van der Waals surface area contributed by atoms with Crippen molar-refractivity contribution in [3.05, 3.63) is 42.1 Å². The van der Waals surface area contributed by atoms with Crippen molar-refractivity contribution in [3.8, 4) is 0 Å². The Labute approximate surface area is 94.6 Å². The monoisotopic (exact) mass is 213 g/mol. The van der Waals surface area contributed by atoms with Gasteiger partial charge in [0.25, 0.3) is 0 Å². The molecule has 3 heteroatoms. The van der Waals surface area contributed by atoms with Gasteiger partial charge in [-0.15, -0.1) is 0 Å². The fourth-order valence-corrected chi connectivity index (χ4v) is 2.30. The van der Waals surface area contributed by atoms with Crippen LogP contribution in [0.15, 0.2) is 36.5 Å². The molecule has 2 aromatic rings. The molecule has 0 spiro atoms. The number of nitrogens with one attached hydrogen (secondary N) is 1. The molecular formula is C13H15N3. The maximum absolute atomic E-state index is 5.67. The van der Waals surface area contributed by atoms with E-state index < -0.39 is 0 Å². The number of hydrazine groups is 1. The Balaban J connectivity index is 2.14. The lowest BCUT2D eigenvalue weighted by Gasteiger charge is -2.17. The molecule has 1 saturated carbocycles.